The summed E-state index contributed by atoms with van der Waals surface area (Å²) in [5, 5.41) is 0. The first-order chi connectivity index (χ1) is 13.5. The number of unbranched alkanes of at least 4 members (excludes halogenated alkanes) is 10. The van der Waals surface area contributed by atoms with Gasteiger partial charge in [-0.3, -0.25) is 4.90 Å². The third-order valence-electron chi connectivity index (χ3n) is 5.04. The Hall–Kier alpha value is -1.26. The van der Waals surface area contributed by atoms with Crippen molar-refractivity contribution < 1.29 is 19.1 Å². The summed E-state index contributed by atoms with van der Waals surface area (Å²) in [5.41, 5.74) is 0. The third-order valence-corrected chi connectivity index (χ3v) is 5.04. The summed E-state index contributed by atoms with van der Waals surface area (Å²) in [4.78, 5) is 26.2. The molecule has 0 rings (SSSR count). The standard InChI is InChI=1S/C23H45NO4/c1-6-8-10-12-14-16-18-27-22(25)21(20(3)4)24(5)23(26)28-19-17-15-13-11-9-7-2/h20-21H,6-19H2,1-5H3. The minimum atomic E-state index is -0.600. The number of likely N-dealkylation sites (N-methyl/N-ethyl adjacent to an activating group) is 1. The maximum atomic E-state index is 12.5. The molecule has 0 aromatic heterocycles. The molecular weight excluding hydrogens is 354 g/mol. The molecule has 0 aromatic rings. The molecule has 0 bridgehead atoms. The summed E-state index contributed by atoms with van der Waals surface area (Å²) in [5.74, 6) is -0.355. The van der Waals surface area contributed by atoms with E-state index in [0.717, 1.165) is 25.7 Å². The van der Waals surface area contributed by atoms with Gasteiger partial charge in [0.2, 0.25) is 0 Å². The van der Waals surface area contributed by atoms with Crippen LogP contribution in [0.2, 0.25) is 0 Å². The van der Waals surface area contributed by atoms with Crippen LogP contribution >= 0.6 is 0 Å². The number of carbonyl (C=O) groups excluding carboxylic acids is 2. The number of hydrogen-bond acceptors (Lipinski definition) is 4. The molecule has 5 nitrogen and oxygen atoms in total. The molecule has 0 fully saturated rings. The van der Waals surface area contributed by atoms with E-state index in [9.17, 15) is 9.59 Å². The number of carbonyl (C=O) groups is 2. The molecule has 1 unspecified atom stereocenters. The molecule has 1 atom stereocenters. The monoisotopic (exact) mass is 399 g/mol. The molecule has 0 radical (unpaired) electrons. The van der Waals surface area contributed by atoms with Gasteiger partial charge in [0.15, 0.2) is 0 Å². The maximum absolute atomic E-state index is 12.5. The number of hydrogen-bond donors (Lipinski definition) is 0. The summed E-state index contributed by atoms with van der Waals surface area (Å²) >= 11 is 0. The summed E-state index contributed by atoms with van der Waals surface area (Å²) in [6, 6.07) is -0.600. The van der Waals surface area contributed by atoms with Gasteiger partial charge in [0.1, 0.15) is 6.04 Å². The van der Waals surface area contributed by atoms with Gasteiger partial charge in [0, 0.05) is 7.05 Å². The maximum Gasteiger partial charge on any atom is 0.410 e. The lowest BCUT2D eigenvalue weighted by atomic mass is 10.0. The van der Waals surface area contributed by atoms with Crippen LogP contribution in [0.25, 0.3) is 0 Å². The van der Waals surface area contributed by atoms with Crippen LogP contribution in [-0.2, 0) is 14.3 Å². The van der Waals surface area contributed by atoms with Gasteiger partial charge in [-0.1, -0.05) is 91.9 Å². The minimum Gasteiger partial charge on any atom is -0.464 e. The first-order valence-corrected chi connectivity index (χ1v) is 11.5. The lowest BCUT2D eigenvalue weighted by Gasteiger charge is -2.28. The highest BCUT2D eigenvalue weighted by Crippen LogP contribution is 2.14. The molecule has 0 N–H and O–H groups in total. The predicted octanol–water partition coefficient (Wildman–Crippen LogP) is 6.34. The lowest BCUT2D eigenvalue weighted by molar-refractivity contribution is -0.150. The van der Waals surface area contributed by atoms with Crippen LogP contribution in [0.5, 0.6) is 0 Å². The third kappa shape index (κ3) is 13.0. The first-order valence-electron chi connectivity index (χ1n) is 11.5. The molecule has 166 valence electrons. The van der Waals surface area contributed by atoms with E-state index in [1.807, 2.05) is 13.8 Å². The van der Waals surface area contributed by atoms with Gasteiger partial charge >= 0.3 is 12.1 Å². The van der Waals surface area contributed by atoms with Crippen LogP contribution in [0.15, 0.2) is 0 Å². The van der Waals surface area contributed by atoms with Gasteiger partial charge in [-0.15, -0.1) is 0 Å². The summed E-state index contributed by atoms with van der Waals surface area (Å²) in [6.45, 7) is 9.08. The van der Waals surface area contributed by atoms with E-state index in [2.05, 4.69) is 13.8 Å². The average Bonchev–Trinajstić information content (AvgIpc) is 2.66. The molecule has 1 amide bonds. The Bertz CT molecular complexity index is 398. The fourth-order valence-corrected chi connectivity index (χ4v) is 3.28. The van der Waals surface area contributed by atoms with E-state index >= 15 is 0 Å². The van der Waals surface area contributed by atoms with Gasteiger partial charge < -0.3 is 9.47 Å². The van der Waals surface area contributed by atoms with Crippen molar-refractivity contribution in [3.8, 4) is 0 Å². The van der Waals surface area contributed by atoms with Gasteiger partial charge in [0.05, 0.1) is 13.2 Å². The topological polar surface area (TPSA) is 55.8 Å². The minimum absolute atomic E-state index is 0.0244. The van der Waals surface area contributed by atoms with Gasteiger partial charge in [-0.25, -0.2) is 9.59 Å². The molecule has 0 aliphatic heterocycles. The van der Waals surface area contributed by atoms with Crippen molar-refractivity contribution in [2.24, 2.45) is 5.92 Å². The van der Waals surface area contributed by atoms with Gasteiger partial charge in [0.25, 0.3) is 0 Å². The van der Waals surface area contributed by atoms with Crippen molar-refractivity contribution in [1.82, 2.24) is 4.90 Å². The largest absolute Gasteiger partial charge is 0.464 e. The highest BCUT2D eigenvalue weighted by atomic mass is 16.6. The van der Waals surface area contributed by atoms with Gasteiger partial charge in [-0.2, -0.15) is 0 Å². The van der Waals surface area contributed by atoms with Crippen LogP contribution in [0.1, 0.15) is 105 Å². The Morgan fingerprint density at radius 3 is 1.61 bits per heavy atom. The van der Waals surface area contributed by atoms with Crippen molar-refractivity contribution >= 4 is 12.1 Å². The number of esters is 1. The van der Waals surface area contributed by atoms with Crippen LogP contribution < -0.4 is 0 Å². The molecule has 0 aromatic carbocycles. The molecule has 0 spiro atoms. The second-order valence-corrected chi connectivity index (χ2v) is 8.12. The molecule has 5 heteroatoms. The van der Waals surface area contributed by atoms with Crippen LogP contribution in [-0.4, -0.2) is 43.3 Å². The second-order valence-electron chi connectivity index (χ2n) is 8.12. The van der Waals surface area contributed by atoms with Crippen molar-refractivity contribution in [2.45, 2.75) is 111 Å². The van der Waals surface area contributed by atoms with Crippen molar-refractivity contribution in [3.05, 3.63) is 0 Å². The van der Waals surface area contributed by atoms with Crippen molar-refractivity contribution in [2.75, 3.05) is 20.3 Å². The molecular formula is C23H45NO4. The normalized spacial score (nSPS) is 12.1. The summed E-state index contributed by atoms with van der Waals surface area (Å²) < 4.78 is 10.8. The highest BCUT2D eigenvalue weighted by Gasteiger charge is 2.32. The SMILES string of the molecule is CCCCCCCCOC(=O)C(C(C)C)N(C)C(=O)OCCCCCCCC. The Labute approximate surface area is 173 Å². The summed E-state index contributed by atoms with van der Waals surface area (Å²) in [7, 11) is 1.63. The predicted molar refractivity (Wildman–Crippen MR) is 115 cm³/mol. The Morgan fingerprint density at radius 2 is 1.14 bits per heavy atom. The Kier molecular flexibility index (Phi) is 17.0. The fourth-order valence-electron chi connectivity index (χ4n) is 3.28. The van der Waals surface area contributed by atoms with Crippen LogP contribution in [0, 0.1) is 5.92 Å². The molecule has 0 aliphatic carbocycles. The zero-order chi connectivity index (χ0) is 21.2. The number of rotatable bonds is 17. The first kappa shape index (κ1) is 26.7. The van der Waals surface area contributed by atoms with Crippen molar-refractivity contribution in [3.63, 3.8) is 0 Å². The Balaban J connectivity index is 4.15. The molecule has 0 saturated carbocycles. The van der Waals surface area contributed by atoms with E-state index in [4.69, 9.17) is 9.47 Å². The number of amides is 1. The highest BCUT2D eigenvalue weighted by molar-refractivity contribution is 5.81. The number of nitrogens with zero attached hydrogens (tertiary/aromatic N) is 1. The van der Waals surface area contributed by atoms with E-state index < -0.39 is 12.1 Å². The lowest BCUT2D eigenvalue weighted by Crippen LogP contribution is -2.46. The zero-order valence-electron chi connectivity index (χ0n) is 19.1. The summed E-state index contributed by atoms with van der Waals surface area (Å²) in [6.07, 6.45) is 13.3. The molecule has 0 aliphatic rings. The molecule has 28 heavy (non-hydrogen) atoms. The van der Waals surface area contributed by atoms with E-state index in [1.54, 1.807) is 7.05 Å². The van der Waals surface area contributed by atoms with Crippen molar-refractivity contribution in [1.29, 1.82) is 0 Å². The number of ether oxygens (including phenoxy) is 2. The smallest absolute Gasteiger partial charge is 0.410 e. The molecule has 0 saturated heterocycles. The molecule has 0 heterocycles. The van der Waals surface area contributed by atoms with Gasteiger partial charge in [-0.05, 0) is 18.8 Å². The average molecular weight is 400 g/mol. The van der Waals surface area contributed by atoms with E-state index in [-0.39, 0.29) is 11.9 Å². The fraction of sp³-hybridized carbons (Fsp3) is 0.913. The van der Waals surface area contributed by atoms with Crippen LogP contribution in [0.3, 0.4) is 0 Å². The zero-order valence-corrected chi connectivity index (χ0v) is 19.1. The quantitative estimate of drug-likeness (QED) is 0.211. The second kappa shape index (κ2) is 17.8. The Morgan fingerprint density at radius 1 is 0.714 bits per heavy atom. The van der Waals surface area contributed by atoms with E-state index in [0.29, 0.717) is 13.2 Å². The van der Waals surface area contributed by atoms with E-state index in [1.165, 1.54) is 56.3 Å². The van der Waals surface area contributed by atoms with Crippen LogP contribution in [0.4, 0.5) is 4.79 Å².